The molecule has 0 saturated heterocycles. The number of carbonyl (C=O) groups is 1. The number of carbonyl (C=O) groups excluding carboxylic acids is 1. The fourth-order valence-electron chi connectivity index (χ4n) is 2.65. The zero-order valence-corrected chi connectivity index (χ0v) is 14.2. The van der Waals surface area contributed by atoms with E-state index in [0.29, 0.717) is 11.6 Å². The second-order valence-electron chi connectivity index (χ2n) is 5.41. The van der Waals surface area contributed by atoms with Crippen molar-refractivity contribution in [3.05, 3.63) is 88.0 Å². The molecule has 3 nitrogen and oxygen atoms in total. The predicted molar refractivity (Wildman–Crippen MR) is 98.7 cm³/mol. The highest BCUT2D eigenvalue weighted by molar-refractivity contribution is 9.10. The Morgan fingerprint density at radius 1 is 0.917 bits per heavy atom. The molecule has 1 aliphatic rings. The number of esters is 1. The van der Waals surface area contributed by atoms with Crippen LogP contribution in [0.3, 0.4) is 0 Å². The van der Waals surface area contributed by atoms with Gasteiger partial charge in [0.05, 0.1) is 0 Å². The van der Waals surface area contributed by atoms with Crippen molar-refractivity contribution in [3.63, 3.8) is 0 Å². The lowest BCUT2D eigenvalue weighted by molar-refractivity contribution is -0.129. The molecule has 0 fully saturated rings. The van der Waals surface area contributed by atoms with Gasteiger partial charge < -0.3 is 4.74 Å². The van der Waals surface area contributed by atoms with Crippen LogP contribution in [0, 0.1) is 0 Å². The van der Waals surface area contributed by atoms with Crippen molar-refractivity contribution < 1.29 is 9.53 Å². The average molecular weight is 378 g/mol. The fraction of sp³-hybridized carbons (Fsp3) is 0. The van der Waals surface area contributed by atoms with E-state index in [1.54, 1.807) is 6.08 Å². The molecule has 4 heteroatoms. The largest absolute Gasteiger partial charge is 0.402 e. The molecule has 24 heavy (non-hydrogen) atoms. The van der Waals surface area contributed by atoms with E-state index in [1.807, 2.05) is 66.7 Å². The molecule has 0 spiro atoms. The van der Waals surface area contributed by atoms with E-state index in [4.69, 9.17) is 4.74 Å². The van der Waals surface area contributed by atoms with E-state index in [2.05, 4.69) is 20.9 Å². The SMILES string of the molecule is O=C1OC(c2ccc(Br)cc2)=N/C1=C/c1cccc2ccccc12. The summed E-state index contributed by atoms with van der Waals surface area (Å²) in [6.45, 7) is 0. The number of hydrogen-bond acceptors (Lipinski definition) is 3. The highest BCUT2D eigenvalue weighted by Crippen LogP contribution is 2.24. The standard InChI is InChI=1S/C20H12BrNO2/c21-16-10-8-14(9-11-16)19-22-18(20(23)24-19)12-15-6-3-5-13-4-1-2-7-17(13)15/h1-12H/b18-12+. The van der Waals surface area contributed by atoms with Crippen molar-refractivity contribution >= 4 is 44.6 Å². The lowest BCUT2D eigenvalue weighted by atomic mass is 10.0. The molecule has 1 aliphatic heterocycles. The van der Waals surface area contributed by atoms with Gasteiger partial charge in [-0.1, -0.05) is 58.4 Å². The van der Waals surface area contributed by atoms with Gasteiger partial charge in [-0.25, -0.2) is 9.79 Å². The second kappa shape index (κ2) is 6.06. The minimum absolute atomic E-state index is 0.310. The van der Waals surface area contributed by atoms with Crippen molar-refractivity contribution in [2.75, 3.05) is 0 Å². The summed E-state index contributed by atoms with van der Waals surface area (Å²) in [7, 11) is 0. The Bertz CT molecular complexity index is 998. The number of halogens is 1. The van der Waals surface area contributed by atoms with Crippen LogP contribution < -0.4 is 0 Å². The summed E-state index contributed by atoms with van der Waals surface area (Å²) in [6, 6.07) is 21.5. The molecular formula is C20H12BrNO2. The monoisotopic (exact) mass is 377 g/mol. The van der Waals surface area contributed by atoms with Crippen LogP contribution in [0.2, 0.25) is 0 Å². The second-order valence-corrected chi connectivity index (χ2v) is 6.33. The van der Waals surface area contributed by atoms with Gasteiger partial charge in [-0.05, 0) is 46.7 Å². The summed E-state index contributed by atoms with van der Waals surface area (Å²) in [5, 5.41) is 2.20. The first kappa shape index (κ1) is 14.8. The minimum Gasteiger partial charge on any atom is -0.402 e. The van der Waals surface area contributed by atoms with E-state index in [1.165, 1.54) is 0 Å². The van der Waals surface area contributed by atoms with E-state index >= 15 is 0 Å². The van der Waals surface area contributed by atoms with Crippen LogP contribution in [0.1, 0.15) is 11.1 Å². The van der Waals surface area contributed by atoms with Crippen LogP contribution in [0.25, 0.3) is 16.8 Å². The van der Waals surface area contributed by atoms with Crippen LogP contribution in [0.15, 0.2) is 81.9 Å². The first-order valence-electron chi connectivity index (χ1n) is 7.47. The van der Waals surface area contributed by atoms with E-state index < -0.39 is 5.97 Å². The number of hydrogen-bond donors (Lipinski definition) is 0. The molecule has 3 aromatic carbocycles. The van der Waals surface area contributed by atoms with Gasteiger partial charge in [0.25, 0.3) is 0 Å². The van der Waals surface area contributed by atoms with Crippen LogP contribution in [-0.4, -0.2) is 11.9 Å². The molecular weight excluding hydrogens is 366 g/mol. The Labute approximate surface area is 147 Å². The van der Waals surface area contributed by atoms with Crippen LogP contribution in [0.4, 0.5) is 0 Å². The quantitative estimate of drug-likeness (QED) is 0.468. The fourth-order valence-corrected chi connectivity index (χ4v) is 2.91. The van der Waals surface area contributed by atoms with Gasteiger partial charge in [0, 0.05) is 10.0 Å². The van der Waals surface area contributed by atoms with E-state index in [-0.39, 0.29) is 0 Å². The van der Waals surface area contributed by atoms with Crippen molar-refractivity contribution in [1.29, 1.82) is 0 Å². The zero-order chi connectivity index (χ0) is 16.5. The smallest absolute Gasteiger partial charge is 0.363 e. The highest BCUT2D eigenvalue weighted by Gasteiger charge is 2.24. The summed E-state index contributed by atoms with van der Waals surface area (Å²) in [5.74, 6) is -0.0974. The number of nitrogens with zero attached hydrogens (tertiary/aromatic N) is 1. The highest BCUT2D eigenvalue weighted by atomic mass is 79.9. The van der Waals surface area contributed by atoms with Gasteiger partial charge in [0.15, 0.2) is 5.70 Å². The summed E-state index contributed by atoms with van der Waals surface area (Å²) in [6.07, 6.45) is 1.77. The third kappa shape index (κ3) is 2.76. The summed E-state index contributed by atoms with van der Waals surface area (Å²) in [5.41, 5.74) is 2.03. The number of ether oxygens (including phenoxy) is 1. The van der Waals surface area contributed by atoms with E-state index in [9.17, 15) is 4.79 Å². The third-order valence-corrected chi connectivity index (χ3v) is 4.36. The van der Waals surface area contributed by atoms with Gasteiger partial charge in [0.1, 0.15) is 0 Å². The normalized spacial score (nSPS) is 15.6. The summed E-state index contributed by atoms with van der Waals surface area (Å²) < 4.78 is 6.27. The zero-order valence-electron chi connectivity index (χ0n) is 12.6. The molecule has 0 N–H and O–H groups in total. The average Bonchev–Trinajstić information content (AvgIpc) is 2.97. The molecule has 0 radical (unpaired) electrons. The Kier molecular flexibility index (Phi) is 3.75. The Morgan fingerprint density at radius 3 is 2.50 bits per heavy atom. The van der Waals surface area contributed by atoms with Crippen molar-refractivity contribution in [2.24, 2.45) is 4.99 Å². The lowest BCUT2D eigenvalue weighted by Gasteiger charge is -2.01. The molecule has 0 bridgehead atoms. The molecule has 0 atom stereocenters. The van der Waals surface area contributed by atoms with Crippen LogP contribution in [0.5, 0.6) is 0 Å². The molecule has 0 aromatic heterocycles. The first-order valence-corrected chi connectivity index (χ1v) is 8.26. The molecule has 0 amide bonds. The lowest BCUT2D eigenvalue weighted by Crippen LogP contribution is -2.05. The van der Waals surface area contributed by atoms with Crippen LogP contribution in [-0.2, 0) is 9.53 Å². The van der Waals surface area contributed by atoms with Gasteiger partial charge >= 0.3 is 5.97 Å². The molecule has 0 saturated carbocycles. The van der Waals surface area contributed by atoms with Gasteiger partial charge in [-0.2, -0.15) is 0 Å². The minimum atomic E-state index is -0.430. The molecule has 0 aliphatic carbocycles. The predicted octanol–water partition coefficient (Wildman–Crippen LogP) is 4.95. The Morgan fingerprint density at radius 2 is 1.67 bits per heavy atom. The Balaban J connectivity index is 1.76. The van der Waals surface area contributed by atoms with Gasteiger partial charge in [-0.3, -0.25) is 0 Å². The van der Waals surface area contributed by atoms with Crippen LogP contribution >= 0.6 is 15.9 Å². The maximum atomic E-state index is 12.2. The molecule has 116 valence electrons. The molecule has 3 aromatic rings. The van der Waals surface area contributed by atoms with E-state index in [0.717, 1.165) is 26.4 Å². The number of rotatable bonds is 2. The molecule has 1 heterocycles. The number of benzene rings is 3. The topological polar surface area (TPSA) is 38.7 Å². The third-order valence-electron chi connectivity index (χ3n) is 3.83. The maximum Gasteiger partial charge on any atom is 0.363 e. The molecule has 0 unspecified atom stereocenters. The molecule has 4 rings (SSSR count). The van der Waals surface area contributed by atoms with Crippen molar-refractivity contribution in [1.82, 2.24) is 0 Å². The first-order chi connectivity index (χ1) is 11.7. The summed E-state index contributed by atoms with van der Waals surface area (Å²) >= 11 is 3.39. The number of fused-ring (bicyclic) bond motifs is 1. The van der Waals surface area contributed by atoms with Gasteiger partial charge in [-0.15, -0.1) is 0 Å². The summed E-state index contributed by atoms with van der Waals surface area (Å²) in [4.78, 5) is 16.5. The Hall–Kier alpha value is -2.72. The number of aliphatic imine (C=N–C) groups is 1. The van der Waals surface area contributed by atoms with Gasteiger partial charge in [0.2, 0.25) is 5.90 Å². The van der Waals surface area contributed by atoms with Crippen molar-refractivity contribution in [3.8, 4) is 0 Å². The van der Waals surface area contributed by atoms with Crippen molar-refractivity contribution in [2.45, 2.75) is 0 Å². The number of cyclic esters (lactones) is 1. The maximum absolute atomic E-state index is 12.2.